The minimum Gasteiger partial charge on any atom is -0.367 e. The van der Waals surface area contributed by atoms with Crippen molar-refractivity contribution in [2.45, 2.75) is 75.2 Å². The Kier molecular flexibility index (Phi) is 3.93. The van der Waals surface area contributed by atoms with Crippen LogP contribution < -0.4 is 5.32 Å². The largest absolute Gasteiger partial charge is 0.367 e. The van der Waals surface area contributed by atoms with E-state index in [1.807, 2.05) is 4.90 Å². The summed E-state index contributed by atoms with van der Waals surface area (Å²) in [6, 6.07) is 0.572. The maximum Gasteiger partial charge on any atom is 0.271 e. The van der Waals surface area contributed by atoms with Gasteiger partial charge in [0, 0.05) is 36.0 Å². The summed E-state index contributed by atoms with van der Waals surface area (Å²) < 4.78 is 0. The number of aromatic nitrogens is 4. The Bertz CT molecular complexity index is 933. The molecule has 2 saturated carbocycles. The monoisotopic (exact) mass is 392 g/mol. The van der Waals surface area contributed by atoms with Crippen LogP contribution >= 0.6 is 0 Å². The van der Waals surface area contributed by atoms with E-state index in [0.29, 0.717) is 17.7 Å². The van der Waals surface area contributed by atoms with E-state index in [1.54, 1.807) is 12.5 Å². The van der Waals surface area contributed by atoms with Gasteiger partial charge in [-0.3, -0.25) is 4.79 Å². The minimum atomic E-state index is -0.0219. The Labute approximate surface area is 170 Å². The van der Waals surface area contributed by atoms with E-state index in [4.69, 9.17) is 9.97 Å². The number of fused-ring (bicyclic) bond motifs is 2. The summed E-state index contributed by atoms with van der Waals surface area (Å²) in [6.45, 7) is 1.56. The fourth-order valence-corrected chi connectivity index (χ4v) is 5.29. The van der Waals surface area contributed by atoms with Crippen molar-refractivity contribution in [3.05, 3.63) is 35.3 Å². The summed E-state index contributed by atoms with van der Waals surface area (Å²) in [5.74, 6) is 2.71. The van der Waals surface area contributed by atoms with Gasteiger partial charge in [0.2, 0.25) is 0 Å². The summed E-state index contributed by atoms with van der Waals surface area (Å²) in [4.78, 5) is 32.1. The summed E-state index contributed by atoms with van der Waals surface area (Å²) in [6.07, 6.45) is 13.6. The third kappa shape index (κ3) is 2.93. The van der Waals surface area contributed by atoms with Crippen molar-refractivity contribution < 1.29 is 4.79 Å². The minimum absolute atomic E-state index is 0.0219. The fourth-order valence-electron chi connectivity index (χ4n) is 5.29. The zero-order valence-corrected chi connectivity index (χ0v) is 16.8. The maximum atomic E-state index is 13.0. The van der Waals surface area contributed by atoms with Gasteiger partial charge in [-0.05, 0) is 57.8 Å². The number of anilines is 1. The van der Waals surface area contributed by atoms with Crippen LogP contribution in [-0.4, -0.2) is 49.9 Å². The highest BCUT2D eigenvalue weighted by atomic mass is 16.2. The third-order valence-electron chi connectivity index (χ3n) is 7.36. The Hall–Kier alpha value is -2.44. The van der Waals surface area contributed by atoms with Crippen molar-refractivity contribution >= 4 is 11.7 Å². The molecule has 0 bridgehead atoms. The quantitative estimate of drug-likeness (QED) is 0.835. The van der Waals surface area contributed by atoms with Crippen LogP contribution in [0.25, 0.3) is 0 Å². The molecule has 3 heterocycles. The Morgan fingerprint density at radius 3 is 2.79 bits per heavy atom. The zero-order chi connectivity index (χ0) is 19.4. The molecule has 2 N–H and O–H groups in total. The van der Waals surface area contributed by atoms with E-state index >= 15 is 0 Å². The fraction of sp³-hybridized carbons (Fsp3) is 0.636. The number of hydrogen-bond acceptors (Lipinski definition) is 5. The molecule has 3 fully saturated rings. The normalized spacial score (nSPS) is 26.4. The van der Waals surface area contributed by atoms with E-state index in [1.165, 1.54) is 43.4 Å². The molecule has 2 aromatic rings. The number of carbonyl (C=O) groups excluding carboxylic acids is 1. The molecule has 7 nitrogen and oxygen atoms in total. The van der Waals surface area contributed by atoms with Crippen LogP contribution in [0.2, 0.25) is 0 Å². The molecule has 0 radical (unpaired) electrons. The summed E-state index contributed by atoms with van der Waals surface area (Å²) in [5, 5.41) is 3.74. The molecule has 1 amide bonds. The van der Waals surface area contributed by atoms with Gasteiger partial charge in [-0.2, -0.15) is 0 Å². The third-order valence-corrected chi connectivity index (χ3v) is 7.36. The molecule has 4 aliphatic rings. The van der Waals surface area contributed by atoms with Crippen LogP contribution in [0.1, 0.15) is 84.9 Å². The van der Waals surface area contributed by atoms with E-state index in [9.17, 15) is 4.79 Å². The predicted molar refractivity (Wildman–Crippen MR) is 109 cm³/mol. The van der Waals surface area contributed by atoms with Crippen LogP contribution in [0.3, 0.4) is 0 Å². The van der Waals surface area contributed by atoms with Crippen molar-refractivity contribution in [1.82, 2.24) is 24.8 Å². The molecule has 1 atom stereocenters. The molecule has 29 heavy (non-hydrogen) atoms. The van der Waals surface area contributed by atoms with Gasteiger partial charge in [0.1, 0.15) is 17.3 Å². The standard InChI is InChI=1S/C22H28N6O/c29-21(17-11-23-13-24-17)28-10-2-8-22(12-28)9-7-16-18(22)26-19(14-5-6-14)27-20(16)25-15-3-1-4-15/h11,13-15H,1-10,12H2,(H,23,24)(H,25,26,27). The highest BCUT2D eigenvalue weighted by Crippen LogP contribution is 2.48. The number of amides is 1. The SMILES string of the molecule is O=C(c1cnc[nH]1)N1CCCC2(CCc3c(NC4CCC4)nc(C4CC4)nc32)C1. The summed E-state index contributed by atoms with van der Waals surface area (Å²) >= 11 is 0. The van der Waals surface area contributed by atoms with Gasteiger partial charge < -0.3 is 15.2 Å². The second kappa shape index (κ2) is 6.54. The van der Waals surface area contributed by atoms with Gasteiger partial charge in [-0.15, -0.1) is 0 Å². The first kappa shape index (κ1) is 17.4. The van der Waals surface area contributed by atoms with Crippen molar-refractivity contribution in [2.24, 2.45) is 0 Å². The molecule has 0 aromatic carbocycles. The lowest BCUT2D eigenvalue weighted by molar-refractivity contribution is 0.0628. The van der Waals surface area contributed by atoms with Crippen LogP contribution in [-0.2, 0) is 11.8 Å². The first-order valence-corrected chi connectivity index (χ1v) is 11.2. The van der Waals surface area contributed by atoms with Crippen LogP contribution in [0, 0.1) is 0 Å². The van der Waals surface area contributed by atoms with Crippen LogP contribution in [0.15, 0.2) is 12.5 Å². The molecule has 1 unspecified atom stereocenters. The number of nitrogens with one attached hydrogen (secondary N) is 2. The lowest BCUT2D eigenvalue weighted by Crippen LogP contribution is -2.48. The zero-order valence-electron chi connectivity index (χ0n) is 16.8. The van der Waals surface area contributed by atoms with Crippen molar-refractivity contribution in [2.75, 3.05) is 18.4 Å². The molecule has 152 valence electrons. The number of aromatic amines is 1. The Balaban J connectivity index is 1.35. The van der Waals surface area contributed by atoms with Crippen LogP contribution in [0.4, 0.5) is 5.82 Å². The molecular weight excluding hydrogens is 364 g/mol. The average molecular weight is 393 g/mol. The number of H-pyrrole nitrogens is 1. The second-order valence-electron chi connectivity index (χ2n) is 9.38. The van der Waals surface area contributed by atoms with Crippen molar-refractivity contribution in [3.63, 3.8) is 0 Å². The molecular formula is C22H28N6O. The number of rotatable bonds is 4. The van der Waals surface area contributed by atoms with E-state index in [0.717, 1.165) is 50.4 Å². The van der Waals surface area contributed by atoms with E-state index in [2.05, 4.69) is 15.3 Å². The molecule has 1 saturated heterocycles. The van der Waals surface area contributed by atoms with Gasteiger partial charge in [0.05, 0.1) is 18.2 Å². The number of imidazole rings is 1. The predicted octanol–water partition coefficient (Wildman–Crippen LogP) is 3.16. The highest BCUT2D eigenvalue weighted by Gasteiger charge is 2.47. The molecule has 1 aliphatic heterocycles. The van der Waals surface area contributed by atoms with Crippen molar-refractivity contribution in [1.29, 1.82) is 0 Å². The number of nitrogens with zero attached hydrogens (tertiary/aromatic N) is 4. The lowest BCUT2D eigenvalue weighted by Gasteiger charge is -2.40. The first-order valence-electron chi connectivity index (χ1n) is 11.2. The van der Waals surface area contributed by atoms with Crippen LogP contribution in [0.5, 0.6) is 0 Å². The average Bonchev–Trinajstić information content (AvgIpc) is 3.31. The Morgan fingerprint density at radius 2 is 2.07 bits per heavy atom. The molecule has 7 heteroatoms. The van der Waals surface area contributed by atoms with Crippen molar-refractivity contribution in [3.8, 4) is 0 Å². The maximum absolute atomic E-state index is 13.0. The molecule has 1 spiro atoms. The summed E-state index contributed by atoms with van der Waals surface area (Å²) in [5.41, 5.74) is 3.11. The van der Waals surface area contributed by atoms with Gasteiger partial charge in [-0.25, -0.2) is 15.0 Å². The second-order valence-corrected chi connectivity index (χ2v) is 9.38. The van der Waals surface area contributed by atoms with Gasteiger partial charge in [0.15, 0.2) is 0 Å². The number of carbonyl (C=O) groups is 1. The van der Waals surface area contributed by atoms with E-state index in [-0.39, 0.29) is 11.3 Å². The smallest absolute Gasteiger partial charge is 0.271 e. The van der Waals surface area contributed by atoms with Gasteiger partial charge in [0.25, 0.3) is 5.91 Å². The van der Waals surface area contributed by atoms with Gasteiger partial charge >= 0.3 is 0 Å². The van der Waals surface area contributed by atoms with Gasteiger partial charge in [-0.1, -0.05) is 0 Å². The van der Waals surface area contributed by atoms with E-state index < -0.39 is 0 Å². The Morgan fingerprint density at radius 1 is 1.17 bits per heavy atom. The number of hydrogen-bond donors (Lipinski definition) is 2. The summed E-state index contributed by atoms with van der Waals surface area (Å²) in [7, 11) is 0. The molecule has 6 rings (SSSR count). The number of likely N-dealkylation sites (tertiary alicyclic amines) is 1. The topological polar surface area (TPSA) is 86.8 Å². The molecule has 2 aromatic heterocycles. The molecule has 3 aliphatic carbocycles. The lowest BCUT2D eigenvalue weighted by atomic mass is 9.77. The highest BCUT2D eigenvalue weighted by molar-refractivity contribution is 5.92. The first-order chi connectivity index (χ1) is 14.2. The number of piperidine rings is 1.